The molecule has 0 bridgehead atoms. The van der Waals surface area contributed by atoms with E-state index in [-0.39, 0.29) is 12.7 Å². The molecule has 2 N–H and O–H groups in total. The van der Waals surface area contributed by atoms with Gasteiger partial charge in [-0.15, -0.1) is 0 Å². The molecule has 0 spiro atoms. The number of rotatable bonds is 1. The highest BCUT2D eigenvalue weighted by Gasteiger charge is 2.12. The summed E-state index contributed by atoms with van der Waals surface area (Å²) < 4.78 is 0. The van der Waals surface area contributed by atoms with E-state index < -0.39 is 5.97 Å². The lowest BCUT2D eigenvalue weighted by Gasteiger charge is -2.02. The maximum Gasteiger partial charge on any atom is 0.339 e. The summed E-state index contributed by atoms with van der Waals surface area (Å²) in [5.74, 6) is -1.44. The van der Waals surface area contributed by atoms with Gasteiger partial charge in [0.05, 0.1) is 0 Å². The predicted octanol–water partition coefficient (Wildman–Crippen LogP) is 1.88. The van der Waals surface area contributed by atoms with E-state index in [0.717, 1.165) is 5.39 Å². The van der Waals surface area contributed by atoms with Crippen molar-refractivity contribution in [3.8, 4) is 5.75 Å². The first-order valence-electron chi connectivity index (χ1n) is 4.00. The summed E-state index contributed by atoms with van der Waals surface area (Å²) in [4.78, 5) is 14.6. The summed E-state index contributed by atoms with van der Waals surface area (Å²) in [6, 6.07) is 6.46. The number of hydrogen-bond acceptors (Lipinski definition) is 3. The molecule has 4 heteroatoms. The zero-order chi connectivity index (χ0) is 10.1. The Bertz CT molecular complexity index is 513. The van der Waals surface area contributed by atoms with Crippen molar-refractivity contribution in [2.75, 3.05) is 0 Å². The average Bonchev–Trinajstić information content (AvgIpc) is 2.18. The molecule has 1 aromatic carbocycles. The van der Waals surface area contributed by atoms with E-state index in [1.54, 1.807) is 18.2 Å². The lowest BCUT2D eigenvalue weighted by atomic mass is 10.1. The minimum absolute atomic E-state index is 0. The lowest BCUT2D eigenvalue weighted by molar-refractivity contribution is 0.0694. The molecule has 1 heterocycles. The normalized spacial score (nSPS) is 10.3. The van der Waals surface area contributed by atoms with Crippen molar-refractivity contribution >= 4 is 16.9 Å². The van der Waals surface area contributed by atoms with Crippen LogP contribution in [0.3, 0.4) is 0 Å². The summed E-state index contributed by atoms with van der Waals surface area (Å²) in [5, 5.41) is 19.0. The maximum absolute atomic E-state index is 10.7. The Labute approximate surface area is 80.9 Å². The first-order valence-corrected chi connectivity index (χ1v) is 4.00. The number of aromatic hydroxyl groups is 1. The lowest BCUT2D eigenvalue weighted by Crippen LogP contribution is -1.97. The number of hydrogen-bond donors (Lipinski definition) is 2. The molecule has 0 saturated heterocycles. The van der Waals surface area contributed by atoms with Crippen LogP contribution < -0.4 is 0 Å². The van der Waals surface area contributed by atoms with Crippen LogP contribution in [0.2, 0.25) is 0 Å². The Kier molecular flexibility index (Phi) is 1.81. The smallest absolute Gasteiger partial charge is 0.339 e. The van der Waals surface area contributed by atoms with E-state index in [1.807, 2.05) is 0 Å². The standard InChI is InChI=1S/C10H7NO3.H2/c12-9-7(10(13)14)4-3-6-2-1-5-11-8(6)9;/h1-5,12H,(H,13,14);1H. The van der Waals surface area contributed by atoms with Gasteiger partial charge in [-0.2, -0.15) is 0 Å². The zero-order valence-corrected chi connectivity index (χ0v) is 7.14. The molecule has 0 aliphatic carbocycles. The van der Waals surface area contributed by atoms with Crippen LogP contribution in [-0.4, -0.2) is 21.2 Å². The van der Waals surface area contributed by atoms with Crippen LogP contribution in [0.4, 0.5) is 0 Å². The zero-order valence-electron chi connectivity index (χ0n) is 7.14. The second kappa shape index (κ2) is 2.99. The summed E-state index contributed by atoms with van der Waals surface area (Å²) in [5.41, 5.74) is 0.184. The third-order valence-corrected chi connectivity index (χ3v) is 1.98. The van der Waals surface area contributed by atoms with Gasteiger partial charge in [-0.05, 0) is 12.1 Å². The Balaban J connectivity index is 0.00000112. The summed E-state index contributed by atoms with van der Waals surface area (Å²) in [6.45, 7) is 0. The van der Waals surface area contributed by atoms with Crippen molar-refractivity contribution in [2.24, 2.45) is 0 Å². The molecule has 1 aromatic heterocycles. The molecule has 0 aliphatic rings. The van der Waals surface area contributed by atoms with E-state index >= 15 is 0 Å². The van der Waals surface area contributed by atoms with E-state index in [1.165, 1.54) is 12.3 Å². The van der Waals surface area contributed by atoms with E-state index in [0.29, 0.717) is 5.52 Å². The predicted molar refractivity (Wildman–Crippen MR) is 52.5 cm³/mol. The number of aromatic nitrogens is 1. The number of benzene rings is 1. The minimum Gasteiger partial charge on any atom is -0.505 e. The van der Waals surface area contributed by atoms with Gasteiger partial charge in [-0.3, -0.25) is 4.98 Å². The van der Waals surface area contributed by atoms with Crippen LogP contribution in [0.25, 0.3) is 10.9 Å². The topological polar surface area (TPSA) is 70.4 Å². The van der Waals surface area contributed by atoms with E-state index in [9.17, 15) is 9.90 Å². The summed E-state index contributed by atoms with van der Waals surface area (Å²) in [7, 11) is 0. The van der Waals surface area contributed by atoms with Crippen LogP contribution >= 0.6 is 0 Å². The molecule has 4 nitrogen and oxygen atoms in total. The number of fused-ring (bicyclic) bond motifs is 1. The van der Waals surface area contributed by atoms with Gasteiger partial charge < -0.3 is 10.2 Å². The van der Waals surface area contributed by atoms with Crippen molar-refractivity contribution in [1.29, 1.82) is 0 Å². The van der Waals surface area contributed by atoms with Gasteiger partial charge in [-0.1, -0.05) is 12.1 Å². The third kappa shape index (κ3) is 1.17. The molecule has 0 fully saturated rings. The first-order chi connectivity index (χ1) is 6.70. The van der Waals surface area contributed by atoms with Gasteiger partial charge in [-0.25, -0.2) is 4.79 Å². The molecular weight excluding hydrogens is 182 g/mol. The van der Waals surface area contributed by atoms with Crippen molar-refractivity contribution in [2.45, 2.75) is 0 Å². The molecule has 0 radical (unpaired) electrons. The van der Waals surface area contributed by atoms with Crippen LogP contribution in [0.15, 0.2) is 30.5 Å². The van der Waals surface area contributed by atoms with Crippen molar-refractivity contribution in [3.05, 3.63) is 36.0 Å². The highest BCUT2D eigenvalue weighted by atomic mass is 16.4. The molecule has 2 aromatic rings. The van der Waals surface area contributed by atoms with Crippen LogP contribution in [0.5, 0.6) is 5.75 Å². The second-order valence-electron chi connectivity index (χ2n) is 2.84. The van der Waals surface area contributed by atoms with E-state index in [4.69, 9.17) is 5.11 Å². The highest BCUT2D eigenvalue weighted by molar-refractivity contribution is 5.98. The van der Waals surface area contributed by atoms with Crippen LogP contribution in [0.1, 0.15) is 11.8 Å². The van der Waals surface area contributed by atoms with Gasteiger partial charge in [0.2, 0.25) is 0 Å². The number of aromatic carboxylic acids is 1. The Morgan fingerprint density at radius 3 is 2.86 bits per heavy atom. The van der Waals surface area contributed by atoms with Gasteiger partial charge >= 0.3 is 5.97 Å². The van der Waals surface area contributed by atoms with Crippen molar-refractivity contribution < 1.29 is 16.4 Å². The second-order valence-corrected chi connectivity index (χ2v) is 2.84. The fraction of sp³-hybridized carbons (Fsp3) is 0. The molecule has 0 saturated carbocycles. The number of nitrogens with zero attached hydrogens (tertiary/aromatic N) is 1. The Morgan fingerprint density at radius 2 is 2.14 bits per heavy atom. The van der Waals surface area contributed by atoms with E-state index in [2.05, 4.69) is 4.98 Å². The Morgan fingerprint density at radius 1 is 1.36 bits per heavy atom. The monoisotopic (exact) mass is 191 g/mol. The van der Waals surface area contributed by atoms with Gasteiger partial charge in [0.25, 0.3) is 0 Å². The molecule has 2 rings (SSSR count). The fourth-order valence-electron chi connectivity index (χ4n) is 1.30. The van der Waals surface area contributed by atoms with Crippen LogP contribution in [0, 0.1) is 0 Å². The van der Waals surface area contributed by atoms with Gasteiger partial charge in [0.1, 0.15) is 11.1 Å². The Hall–Kier alpha value is -2.10. The minimum atomic E-state index is -1.16. The maximum atomic E-state index is 10.7. The largest absolute Gasteiger partial charge is 0.505 e. The summed E-state index contributed by atoms with van der Waals surface area (Å²) >= 11 is 0. The molecule has 0 aliphatic heterocycles. The molecule has 0 atom stereocenters. The van der Waals surface area contributed by atoms with Gasteiger partial charge in [0, 0.05) is 13.0 Å². The number of carboxylic acid groups (broad SMARTS) is 1. The molecular formula is C10H9NO3. The number of carboxylic acids is 1. The third-order valence-electron chi connectivity index (χ3n) is 1.98. The quantitative estimate of drug-likeness (QED) is 0.722. The number of carbonyl (C=O) groups is 1. The number of phenols is 1. The molecule has 0 amide bonds. The van der Waals surface area contributed by atoms with Crippen LogP contribution in [-0.2, 0) is 0 Å². The first kappa shape index (κ1) is 8.50. The van der Waals surface area contributed by atoms with Crippen molar-refractivity contribution in [3.63, 3.8) is 0 Å². The fourth-order valence-corrected chi connectivity index (χ4v) is 1.30. The molecule has 14 heavy (non-hydrogen) atoms. The summed E-state index contributed by atoms with van der Waals surface area (Å²) in [6.07, 6.45) is 1.51. The van der Waals surface area contributed by atoms with Gasteiger partial charge in [0.15, 0.2) is 5.75 Å². The SMILES string of the molecule is O=C(O)c1ccc2cccnc2c1O.[HH]. The average molecular weight is 191 g/mol. The number of pyridine rings is 1. The molecule has 72 valence electrons. The highest BCUT2D eigenvalue weighted by Crippen LogP contribution is 2.26. The van der Waals surface area contributed by atoms with Crippen molar-refractivity contribution in [1.82, 2.24) is 4.98 Å². The molecule has 0 unspecified atom stereocenters.